The van der Waals surface area contributed by atoms with Gasteiger partial charge >= 0.3 is 5.97 Å². The predicted molar refractivity (Wildman–Crippen MR) is 73.6 cm³/mol. The molecule has 1 aromatic heterocycles. The van der Waals surface area contributed by atoms with Crippen LogP contribution in [-0.2, 0) is 21.2 Å². The lowest BCUT2D eigenvalue weighted by Crippen LogP contribution is -2.54. The molecule has 0 saturated heterocycles. The summed E-state index contributed by atoms with van der Waals surface area (Å²) >= 11 is 0. The van der Waals surface area contributed by atoms with E-state index in [1.54, 1.807) is 24.5 Å². The van der Waals surface area contributed by atoms with Gasteiger partial charge in [-0.2, -0.15) is 4.72 Å². The average Bonchev–Trinajstić information content (AvgIpc) is 3.21. The molecule has 1 saturated carbocycles. The molecule has 0 spiro atoms. The first-order valence-electron chi connectivity index (χ1n) is 6.47. The van der Waals surface area contributed by atoms with E-state index < -0.39 is 21.5 Å². The van der Waals surface area contributed by atoms with Gasteiger partial charge in [0.1, 0.15) is 5.54 Å². The highest BCUT2D eigenvalue weighted by Crippen LogP contribution is 2.40. The maximum Gasteiger partial charge on any atom is 0.324 e. The lowest BCUT2D eigenvalue weighted by atomic mass is 9.98. The fourth-order valence-electron chi connectivity index (χ4n) is 2.14. The summed E-state index contributed by atoms with van der Waals surface area (Å²) in [5.41, 5.74) is -0.536. The molecule has 7 heteroatoms. The van der Waals surface area contributed by atoms with Gasteiger partial charge in [-0.1, -0.05) is 0 Å². The number of rotatable bonds is 7. The molecule has 0 amide bonds. The van der Waals surface area contributed by atoms with Crippen molar-refractivity contribution in [2.75, 3.05) is 5.75 Å². The third-order valence-corrected chi connectivity index (χ3v) is 5.09. The number of hydrogen-bond acceptors (Lipinski definition) is 4. The van der Waals surface area contributed by atoms with E-state index in [2.05, 4.69) is 9.71 Å². The van der Waals surface area contributed by atoms with E-state index in [0.717, 1.165) is 18.4 Å². The molecule has 2 rings (SSSR count). The Bertz CT molecular complexity index is 584. The van der Waals surface area contributed by atoms with Crippen molar-refractivity contribution in [3.63, 3.8) is 0 Å². The number of aliphatic carboxylic acids is 1. The van der Waals surface area contributed by atoms with Crippen LogP contribution >= 0.6 is 0 Å². The summed E-state index contributed by atoms with van der Waals surface area (Å²) in [6, 6.07) is 3.49. The van der Waals surface area contributed by atoms with Gasteiger partial charge < -0.3 is 5.11 Å². The third kappa shape index (κ3) is 3.55. The van der Waals surface area contributed by atoms with Crippen LogP contribution in [0.5, 0.6) is 0 Å². The Hall–Kier alpha value is -1.47. The highest BCUT2D eigenvalue weighted by molar-refractivity contribution is 7.89. The monoisotopic (exact) mass is 298 g/mol. The minimum atomic E-state index is -3.64. The summed E-state index contributed by atoms with van der Waals surface area (Å²) in [5.74, 6) is -1.37. The molecule has 1 fully saturated rings. The second kappa shape index (κ2) is 5.49. The molecular weight excluding hydrogens is 280 g/mol. The Morgan fingerprint density at radius 3 is 2.55 bits per heavy atom. The predicted octanol–water partition coefficient (Wildman–Crippen LogP) is 0.797. The van der Waals surface area contributed by atoms with Crippen LogP contribution < -0.4 is 4.72 Å². The fourth-order valence-corrected chi connectivity index (χ4v) is 3.64. The molecule has 1 aliphatic rings. The number of nitrogens with one attached hydrogen (secondary N) is 1. The van der Waals surface area contributed by atoms with Gasteiger partial charge in [0, 0.05) is 12.4 Å². The van der Waals surface area contributed by atoms with Gasteiger partial charge in [0.15, 0.2) is 0 Å². The molecule has 1 unspecified atom stereocenters. The van der Waals surface area contributed by atoms with Crippen molar-refractivity contribution < 1.29 is 18.3 Å². The lowest BCUT2D eigenvalue weighted by Gasteiger charge is -2.25. The zero-order valence-electron chi connectivity index (χ0n) is 11.2. The standard InChI is InChI=1S/C13H18N2O4S/c1-13(12(16)17,11-2-3-11)15-20(18,19)9-6-10-4-7-14-8-5-10/h4-5,7-8,11,15H,2-3,6,9H2,1H3,(H,16,17). The van der Waals surface area contributed by atoms with Gasteiger partial charge in [0.2, 0.25) is 10.0 Å². The number of nitrogens with zero attached hydrogens (tertiary/aromatic N) is 1. The molecule has 0 aliphatic heterocycles. The van der Waals surface area contributed by atoms with Crippen molar-refractivity contribution in [3.05, 3.63) is 30.1 Å². The van der Waals surface area contributed by atoms with Crippen molar-refractivity contribution in [1.29, 1.82) is 0 Å². The summed E-state index contributed by atoms with van der Waals surface area (Å²) in [5, 5.41) is 9.26. The van der Waals surface area contributed by atoms with E-state index in [1.165, 1.54) is 6.92 Å². The largest absolute Gasteiger partial charge is 0.480 e. The first-order valence-corrected chi connectivity index (χ1v) is 8.13. The SMILES string of the molecule is CC(NS(=O)(=O)CCc1ccncc1)(C(=O)O)C1CC1. The van der Waals surface area contributed by atoms with Crippen molar-refractivity contribution in [3.8, 4) is 0 Å². The Labute approximate surface area is 118 Å². The molecule has 1 aliphatic carbocycles. The van der Waals surface area contributed by atoms with E-state index in [0.29, 0.717) is 6.42 Å². The van der Waals surface area contributed by atoms with E-state index in [1.807, 2.05) is 0 Å². The number of carboxylic acid groups (broad SMARTS) is 1. The summed E-state index contributed by atoms with van der Waals surface area (Å²) in [6.45, 7) is 1.44. The Balaban J connectivity index is 2.01. The van der Waals surface area contributed by atoms with Crippen LogP contribution in [0.25, 0.3) is 0 Å². The van der Waals surface area contributed by atoms with Crippen LogP contribution in [-0.4, -0.2) is 35.8 Å². The summed E-state index contributed by atoms with van der Waals surface area (Å²) in [7, 11) is -3.64. The van der Waals surface area contributed by atoms with Gasteiger partial charge in [-0.15, -0.1) is 0 Å². The van der Waals surface area contributed by atoms with Crippen LogP contribution in [0.3, 0.4) is 0 Å². The average molecular weight is 298 g/mol. The Kier molecular flexibility index (Phi) is 4.10. The molecule has 20 heavy (non-hydrogen) atoms. The van der Waals surface area contributed by atoms with Crippen molar-refractivity contribution in [2.24, 2.45) is 5.92 Å². The first-order chi connectivity index (χ1) is 9.33. The Morgan fingerprint density at radius 2 is 2.05 bits per heavy atom. The third-order valence-electron chi connectivity index (χ3n) is 3.61. The molecule has 1 aromatic rings. The second-order valence-corrected chi connectivity index (χ2v) is 7.15. The lowest BCUT2D eigenvalue weighted by molar-refractivity contribution is -0.144. The molecule has 0 bridgehead atoms. The molecule has 110 valence electrons. The summed E-state index contributed by atoms with van der Waals surface area (Å²) in [4.78, 5) is 15.2. The van der Waals surface area contributed by atoms with Crippen molar-refractivity contribution in [1.82, 2.24) is 9.71 Å². The van der Waals surface area contributed by atoms with Crippen molar-refractivity contribution >= 4 is 16.0 Å². The highest BCUT2D eigenvalue weighted by atomic mass is 32.2. The fraction of sp³-hybridized carbons (Fsp3) is 0.538. The van der Waals surface area contributed by atoms with Gasteiger partial charge in [0.05, 0.1) is 5.75 Å². The van der Waals surface area contributed by atoms with Gasteiger partial charge in [-0.05, 0) is 49.8 Å². The van der Waals surface area contributed by atoms with E-state index in [4.69, 9.17) is 0 Å². The van der Waals surface area contributed by atoms with Crippen molar-refractivity contribution in [2.45, 2.75) is 31.7 Å². The Morgan fingerprint density at radius 1 is 1.45 bits per heavy atom. The van der Waals surface area contributed by atoms with Crippen LogP contribution in [0.4, 0.5) is 0 Å². The van der Waals surface area contributed by atoms with E-state index in [-0.39, 0.29) is 11.7 Å². The maximum absolute atomic E-state index is 12.1. The number of sulfonamides is 1. The molecule has 0 aromatic carbocycles. The van der Waals surface area contributed by atoms with Crippen LogP contribution in [0.15, 0.2) is 24.5 Å². The maximum atomic E-state index is 12.1. The number of hydrogen-bond donors (Lipinski definition) is 2. The zero-order chi connectivity index (χ0) is 14.8. The van der Waals surface area contributed by atoms with Gasteiger partial charge in [0.25, 0.3) is 0 Å². The molecule has 1 atom stereocenters. The number of pyridine rings is 1. The molecule has 6 nitrogen and oxygen atoms in total. The molecular formula is C13H18N2O4S. The normalized spacial score (nSPS) is 18.4. The van der Waals surface area contributed by atoms with Gasteiger partial charge in [-0.25, -0.2) is 8.42 Å². The number of aryl methyl sites for hydroxylation is 1. The minimum Gasteiger partial charge on any atom is -0.480 e. The van der Waals surface area contributed by atoms with Crippen LogP contribution in [0, 0.1) is 5.92 Å². The quantitative estimate of drug-likeness (QED) is 0.776. The molecule has 1 heterocycles. The van der Waals surface area contributed by atoms with E-state index >= 15 is 0 Å². The minimum absolute atomic E-state index is 0.115. The summed E-state index contributed by atoms with van der Waals surface area (Å²) < 4.78 is 26.5. The zero-order valence-corrected chi connectivity index (χ0v) is 12.1. The topological polar surface area (TPSA) is 96.4 Å². The highest BCUT2D eigenvalue weighted by Gasteiger charge is 2.49. The first kappa shape index (κ1) is 14.9. The number of carboxylic acids is 1. The summed E-state index contributed by atoms with van der Waals surface area (Å²) in [6.07, 6.45) is 5.02. The number of aromatic nitrogens is 1. The second-order valence-electron chi connectivity index (χ2n) is 5.31. The van der Waals surface area contributed by atoms with Crippen LogP contribution in [0.2, 0.25) is 0 Å². The molecule has 0 radical (unpaired) electrons. The van der Waals surface area contributed by atoms with Gasteiger partial charge in [-0.3, -0.25) is 9.78 Å². The number of carbonyl (C=O) groups is 1. The molecule has 2 N–H and O–H groups in total. The van der Waals surface area contributed by atoms with E-state index in [9.17, 15) is 18.3 Å². The van der Waals surface area contributed by atoms with Crippen LogP contribution in [0.1, 0.15) is 25.3 Å². The smallest absolute Gasteiger partial charge is 0.324 e.